The van der Waals surface area contributed by atoms with E-state index in [2.05, 4.69) is 47.1 Å². The molecule has 0 amide bonds. The number of aliphatic hydroxyl groups is 1. The molecule has 0 radical (unpaired) electrons. The van der Waals surface area contributed by atoms with Gasteiger partial charge in [-0.2, -0.15) is 0 Å². The summed E-state index contributed by atoms with van der Waals surface area (Å²) in [5, 5.41) is 14.4. The molecule has 1 aromatic heterocycles. The summed E-state index contributed by atoms with van der Waals surface area (Å²) in [6.45, 7) is 4.78. The summed E-state index contributed by atoms with van der Waals surface area (Å²) >= 11 is 6.35. The fourth-order valence-electron chi connectivity index (χ4n) is 3.14. The maximum Gasteiger partial charge on any atom is 0.0493 e. The van der Waals surface area contributed by atoms with Gasteiger partial charge in [-0.1, -0.05) is 48.0 Å². The Balaban J connectivity index is 1.96. The molecule has 2 N–H and O–H groups in total. The van der Waals surface area contributed by atoms with E-state index in [0.717, 1.165) is 36.6 Å². The summed E-state index contributed by atoms with van der Waals surface area (Å²) in [4.78, 5) is 0. The third-order valence-corrected chi connectivity index (χ3v) is 4.83. The van der Waals surface area contributed by atoms with Crippen molar-refractivity contribution in [3.63, 3.8) is 0 Å². The molecule has 0 saturated carbocycles. The Morgan fingerprint density at radius 3 is 2.62 bits per heavy atom. The second-order valence-electron chi connectivity index (χ2n) is 6.01. The van der Waals surface area contributed by atoms with E-state index in [9.17, 15) is 0 Å². The topological polar surface area (TPSA) is 37.2 Å². The highest BCUT2D eigenvalue weighted by Crippen LogP contribution is 2.28. The van der Waals surface area contributed by atoms with E-state index in [-0.39, 0.29) is 6.61 Å². The summed E-state index contributed by atoms with van der Waals surface area (Å²) in [6.07, 6.45) is 0.775. The van der Waals surface area contributed by atoms with Crippen molar-refractivity contribution in [1.29, 1.82) is 0 Å². The van der Waals surface area contributed by atoms with Gasteiger partial charge in [0, 0.05) is 41.3 Å². The Bertz CT molecular complexity index is 826. The van der Waals surface area contributed by atoms with Crippen molar-refractivity contribution in [1.82, 2.24) is 9.88 Å². The first-order valence-corrected chi connectivity index (χ1v) is 8.72. The molecule has 4 heteroatoms. The zero-order chi connectivity index (χ0) is 16.9. The molecule has 0 aliphatic carbocycles. The first-order chi connectivity index (χ1) is 11.7. The predicted octanol–water partition coefficient (Wildman–Crippen LogP) is 4.12. The molecular formula is C20H23ClN2O. The number of hydrogen-bond acceptors (Lipinski definition) is 2. The molecule has 2 aromatic carbocycles. The van der Waals surface area contributed by atoms with Gasteiger partial charge in [-0.15, -0.1) is 0 Å². The minimum absolute atomic E-state index is 0.222. The van der Waals surface area contributed by atoms with Gasteiger partial charge in [0.2, 0.25) is 0 Å². The van der Waals surface area contributed by atoms with Crippen LogP contribution in [-0.2, 0) is 13.1 Å². The number of para-hydroxylation sites is 1. The van der Waals surface area contributed by atoms with E-state index in [1.807, 2.05) is 18.2 Å². The number of hydrogen-bond donors (Lipinski definition) is 2. The van der Waals surface area contributed by atoms with E-state index < -0.39 is 0 Å². The first-order valence-electron chi connectivity index (χ1n) is 8.34. The third kappa shape index (κ3) is 3.48. The summed E-state index contributed by atoms with van der Waals surface area (Å²) in [5.41, 5.74) is 4.93. The van der Waals surface area contributed by atoms with E-state index in [1.54, 1.807) is 0 Å². The Kier molecular flexibility index (Phi) is 5.56. The zero-order valence-corrected chi connectivity index (χ0v) is 14.7. The number of aliphatic hydroxyl groups excluding tert-OH is 1. The van der Waals surface area contributed by atoms with Crippen LogP contribution < -0.4 is 5.32 Å². The molecule has 0 bridgehead atoms. The lowest BCUT2D eigenvalue weighted by Gasteiger charge is -2.11. The highest BCUT2D eigenvalue weighted by atomic mass is 35.5. The number of benzene rings is 2. The maximum absolute atomic E-state index is 8.93. The molecule has 24 heavy (non-hydrogen) atoms. The fourth-order valence-corrected chi connectivity index (χ4v) is 3.34. The monoisotopic (exact) mass is 342 g/mol. The van der Waals surface area contributed by atoms with Gasteiger partial charge in [0.1, 0.15) is 0 Å². The molecule has 0 saturated heterocycles. The van der Waals surface area contributed by atoms with Crippen LogP contribution in [0.1, 0.15) is 23.2 Å². The molecule has 126 valence electrons. The highest BCUT2D eigenvalue weighted by Gasteiger charge is 2.14. The summed E-state index contributed by atoms with van der Waals surface area (Å²) < 4.78 is 2.33. The molecule has 0 unspecified atom stereocenters. The molecule has 3 rings (SSSR count). The quantitative estimate of drug-likeness (QED) is 0.634. The van der Waals surface area contributed by atoms with Crippen LogP contribution in [0.5, 0.6) is 0 Å². The molecule has 3 aromatic rings. The smallest absolute Gasteiger partial charge is 0.0493 e. The van der Waals surface area contributed by atoms with E-state index in [1.165, 1.54) is 22.2 Å². The molecular weight excluding hydrogens is 320 g/mol. The highest BCUT2D eigenvalue weighted by molar-refractivity contribution is 6.31. The minimum atomic E-state index is 0.222. The molecule has 0 spiro atoms. The number of fused-ring (bicyclic) bond motifs is 1. The zero-order valence-electron chi connectivity index (χ0n) is 13.9. The van der Waals surface area contributed by atoms with Crippen LogP contribution in [0.25, 0.3) is 10.9 Å². The second kappa shape index (κ2) is 7.84. The number of nitrogens with zero attached hydrogens (tertiary/aromatic N) is 1. The first kappa shape index (κ1) is 17.0. The summed E-state index contributed by atoms with van der Waals surface area (Å²) in [7, 11) is 0. The number of nitrogens with one attached hydrogen (secondary N) is 1. The number of halogens is 1. The van der Waals surface area contributed by atoms with Gasteiger partial charge in [-0.3, -0.25) is 0 Å². The second-order valence-corrected chi connectivity index (χ2v) is 6.42. The van der Waals surface area contributed by atoms with Gasteiger partial charge in [-0.05, 0) is 43.1 Å². The number of aromatic nitrogens is 1. The van der Waals surface area contributed by atoms with Crippen molar-refractivity contribution in [3.05, 3.63) is 70.4 Å². The van der Waals surface area contributed by atoms with Gasteiger partial charge in [-0.25, -0.2) is 0 Å². The molecule has 0 fully saturated rings. The fraction of sp³-hybridized carbons (Fsp3) is 0.300. The van der Waals surface area contributed by atoms with Crippen LogP contribution in [0.2, 0.25) is 5.02 Å². The molecule has 3 nitrogen and oxygen atoms in total. The average molecular weight is 343 g/mol. The lowest BCUT2D eigenvalue weighted by atomic mass is 10.1. The van der Waals surface area contributed by atoms with Crippen molar-refractivity contribution in [2.45, 2.75) is 26.4 Å². The Hall–Kier alpha value is -1.81. The SMILES string of the molecule is Cc1c(CNCCCO)c2ccccc2n1Cc1ccccc1Cl. The van der Waals surface area contributed by atoms with Crippen LogP contribution in [0.4, 0.5) is 0 Å². The van der Waals surface area contributed by atoms with Crippen LogP contribution in [0.15, 0.2) is 48.5 Å². The van der Waals surface area contributed by atoms with Crippen molar-refractivity contribution >= 4 is 22.5 Å². The third-order valence-electron chi connectivity index (χ3n) is 4.46. The van der Waals surface area contributed by atoms with E-state index in [4.69, 9.17) is 16.7 Å². The van der Waals surface area contributed by atoms with E-state index >= 15 is 0 Å². The summed E-state index contributed by atoms with van der Waals surface area (Å²) in [6, 6.07) is 16.5. The Morgan fingerprint density at radius 2 is 1.83 bits per heavy atom. The predicted molar refractivity (Wildman–Crippen MR) is 101 cm³/mol. The largest absolute Gasteiger partial charge is 0.396 e. The van der Waals surface area contributed by atoms with Gasteiger partial charge in [0.05, 0.1) is 0 Å². The summed E-state index contributed by atoms with van der Waals surface area (Å²) in [5.74, 6) is 0. The van der Waals surface area contributed by atoms with Crippen LogP contribution >= 0.6 is 11.6 Å². The standard InChI is InChI=1S/C20H23ClN2O/c1-15-18(13-22-11-6-12-24)17-8-3-5-10-20(17)23(15)14-16-7-2-4-9-19(16)21/h2-5,7-10,22,24H,6,11-14H2,1H3. The normalized spacial score (nSPS) is 11.3. The van der Waals surface area contributed by atoms with Crippen molar-refractivity contribution < 1.29 is 5.11 Å². The van der Waals surface area contributed by atoms with Gasteiger partial charge in [0.25, 0.3) is 0 Å². The molecule has 0 atom stereocenters. The molecule has 0 aliphatic rings. The molecule has 0 aliphatic heterocycles. The van der Waals surface area contributed by atoms with Crippen LogP contribution in [-0.4, -0.2) is 22.8 Å². The van der Waals surface area contributed by atoms with Gasteiger partial charge >= 0.3 is 0 Å². The van der Waals surface area contributed by atoms with Gasteiger partial charge < -0.3 is 15.0 Å². The Morgan fingerprint density at radius 1 is 1.08 bits per heavy atom. The van der Waals surface area contributed by atoms with Crippen LogP contribution in [0, 0.1) is 6.92 Å². The Labute approximate surface area is 147 Å². The van der Waals surface area contributed by atoms with Crippen molar-refractivity contribution in [2.24, 2.45) is 0 Å². The van der Waals surface area contributed by atoms with Crippen LogP contribution in [0.3, 0.4) is 0 Å². The number of rotatable bonds is 7. The van der Waals surface area contributed by atoms with Crippen molar-refractivity contribution in [2.75, 3.05) is 13.2 Å². The average Bonchev–Trinajstić information content (AvgIpc) is 2.86. The molecule has 1 heterocycles. The maximum atomic E-state index is 8.93. The minimum Gasteiger partial charge on any atom is -0.396 e. The van der Waals surface area contributed by atoms with Crippen molar-refractivity contribution in [3.8, 4) is 0 Å². The lowest BCUT2D eigenvalue weighted by Crippen LogP contribution is -2.16. The lowest BCUT2D eigenvalue weighted by molar-refractivity contribution is 0.286. The van der Waals surface area contributed by atoms with Gasteiger partial charge in [0.15, 0.2) is 0 Å². The van der Waals surface area contributed by atoms with E-state index in [0.29, 0.717) is 0 Å².